The number of nitrogens with zero attached hydrogens (tertiary/aromatic N) is 2. The second kappa shape index (κ2) is 6.70. The van der Waals surface area contributed by atoms with Gasteiger partial charge < -0.3 is 4.90 Å². The lowest BCUT2D eigenvalue weighted by atomic mass is 10.0. The molecule has 0 radical (unpaired) electrons. The smallest absolute Gasteiger partial charge is 0.270 e. The molecule has 0 N–H and O–H groups in total. The van der Waals surface area contributed by atoms with E-state index in [1.807, 2.05) is 6.92 Å². The Bertz CT molecular complexity index is 517. The summed E-state index contributed by atoms with van der Waals surface area (Å²) in [4.78, 5) is 24.1. The van der Waals surface area contributed by atoms with Gasteiger partial charge in [-0.25, -0.2) is 0 Å². The maximum Gasteiger partial charge on any atom is 0.270 e. The number of nitro groups is 1. The van der Waals surface area contributed by atoms with Crippen molar-refractivity contribution >= 4 is 23.2 Å². The highest BCUT2D eigenvalue weighted by Gasteiger charge is 2.21. The van der Waals surface area contributed by atoms with E-state index in [0.717, 1.165) is 6.42 Å². The third-order valence-corrected chi connectivity index (χ3v) is 3.50. The summed E-state index contributed by atoms with van der Waals surface area (Å²) >= 11 is 5.97. The number of amides is 1. The summed E-state index contributed by atoms with van der Waals surface area (Å²) in [6, 6.07) is 3.98. The molecule has 0 aliphatic rings. The fraction of sp³-hybridized carbons (Fsp3) is 0.500. The lowest BCUT2D eigenvalue weighted by Gasteiger charge is -2.26. The molecule has 0 fully saturated rings. The average molecular weight is 299 g/mol. The molecule has 0 bridgehead atoms. The quantitative estimate of drug-likeness (QED) is 0.614. The van der Waals surface area contributed by atoms with Crippen molar-refractivity contribution in [2.24, 2.45) is 5.92 Å². The molecule has 1 aromatic rings. The molecule has 20 heavy (non-hydrogen) atoms. The van der Waals surface area contributed by atoms with Crippen molar-refractivity contribution in [2.45, 2.75) is 33.2 Å². The number of non-ortho nitro benzene ring substituents is 1. The van der Waals surface area contributed by atoms with Crippen molar-refractivity contribution < 1.29 is 9.72 Å². The minimum atomic E-state index is -0.536. The van der Waals surface area contributed by atoms with E-state index in [-0.39, 0.29) is 28.2 Å². The van der Waals surface area contributed by atoms with Crippen molar-refractivity contribution in [1.29, 1.82) is 0 Å². The molecule has 0 saturated heterocycles. The Morgan fingerprint density at radius 1 is 1.40 bits per heavy atom. The third-order valence-electron chi connectivity index (χ3n) is 3.19. The van der Waals surface area contributed by atoms with Crippen LogP contribution in [-0.4, -0.2) is 28.8 Å². The minimum absolute atomic E-state index is 0.0776. The summed E-state index contributed by atoms with van der Waals surface area (Å²) in [6.45, 7) is 6.15. The van der Waals surface area contributed by atoms with Crippen LogP contribution < -0.4 is 0 Å². The van der Waals surface area contributed by atoms with Crippen LogP contribution in [0.2, 0.25) is 5.02 Å². The van der Waals surface area contributed by atoms with Gasteiger partial charge in [0.15, 0.2) is 0 Å². The Morgan fingerprint density at radius 2 is 2.00 bits per heavy atom. The van der Waals surface area contributed by atoms with Gasteiger partial charge in [-0.2, -0.15) is 0 Å². The van der Waals surface area contributed by atoms with Crippen molar-refractivity contribution in [3.05, 3.63) is 38.9 Å². The largest absolute Gasteiger partial charge is 0.339 e. The number of halogens is 1. The van der Waals surface area contributed by atoms with E-state index < -0.39 is 4.92 Å². The molecule has 6 heteroatoms. The molecule has 1 rings (SSSR count). The zero-order valence-electron chi connectivity index (χ0n) is 12.1. The Balaban J connectivity index is 2.94. The number of carbonyl (C=O) groups is 1. The molecular weight excluding hydrogens is 280 g/mol. The highest BCUT2D eigenvalue weighted by molar-refractivity contribution is 6.34. The predicted octanol–water partition coefficient (Wildman–Crippen LogP) is 3.75. The zero-order chi connectivity index (χ0) is 15.4. The number of carbonyl (C=O) groups excluding carboxylic acids is 1. The average Bonchev–Trinajstić information content (AvgIpc) is 2.35. The molecule has 0 heterocycles. The molecule has 5 nitrogen and oxygen atoms in total. The third kappa shape index (κ3) is 3.93. The maximum atomic E-state index is 12.3. The fourth-order valence-corrected chi connectivity index (χ4v) is 2.28. The zero-order valence-corrected chi connectivity index (χ0v) is 12.8. The van der Waals surface area contributed by atoms with Gasteiger partial charge in [0.2, 0.25) is 0 Å². The van der Waals surface area contributed by atoms with Crippen LogP contribution in [0.1, 0.15) is 37.6 Å². The van der Waals surface area contributed by atoms with Gasteiger partial charge in [-0.1, -0.05) is 25.4 Å². The highest BCUT2D eigenvalue weighted by Crippen LogP contribution is 2.24. The van der Waals surface area contributed by atoms with Crippen LogP contribution in [0, 0.1) is 16.0 Å². The molecule has 110 valence electrons. The number of hydrogen-bond acceptors (Lipinski definition) is 3. The van der Waals surface area contributed by atoms with Gasteiger partial charge in [-0.05, 0) is 25.3 Å². The van der Waals surface area contributed by atoms with E-state index in [2.05, 4.69) is 13.8 Å². The molecule has 1 aromatic carbocycles. The van der Waals surface area contributed by atoms with Gasteiger partial charge in [0.25, 0.3) is 11.6 Å². The molecule has 0 aromatic heterocycles. The molecular formula is C14H19ClN2O3. The molecule has 0 spiro atoms. The van der Waals surface area contributed by atoms with E-state index in [4.69, 9.17) is 11.6 Å². The van der Waals surface area contributed by atoms with Crippen molar-refractivity contribution in [3.63, 3.8) is 0 Å². The van der Waals surface area contributed by atoms with E-state index in [1.54, 1.807) is 11.9 Å². The van der Waals surface area contributed by atoms with Crippen LogP contribution >= 0.6 is 11.6 Å². The van der Waals surface area contributed by atoms with Gasteiger partial charge in [0.1, 0.15) is 0 Å². The van der Waals surface area contributed by atoms with Crippen molar-refractivity contribution in [3.8, 4) is 0 Å². The summed E-state index contributed by atoms with van der Waals surface area (Å²) in [5, 5.41) is 10.8. The molecule has 0 aliphatic heterocycles. The predicted molar refractivity (Wildman–Crippen MR) is 79.1 cm³/mol. The maximum absolute atomic E-state index is 12.3. The van der Waals surface area contributed by atoms with Gasteiger partial charge in [0.05, 0.1) is 15.5 Å². The van der Waals surface area contributed by atoms with E-state index >= 15 is 0 Å². The first kappa shape index (κ1) is 16.4. The van der Waals surface area contributed by atoms with Gasteiger partial charge in [-0.3, -0.25) is 14.9 Å². The van der Waals surface area contributed by atoms with Crippen LogP contribution in [0.5, 0.6) is 0 Å². The highest BCUT2D eigenvalue weighted by atomic mass is 35.5. The lowest BCUT2D eigenvalue weighted by Crippen LogP contribution is -2.36. The lowest BCUT2D eigenvalue weighted by molar-refractivity contribution is -0.384. The van der Waals surface area contributed by atoms with E-state index in [0.29, 0.717) is 5.92 Å². The topological polar surface area (TPSA) is 63.5 Å². The monoisotopic (exact) mass is 298 g/mol. The summed E-state index contributed by atoms with van der Waals surface area (Å²) in [5.74, 6) is 0.255. The first-order chi connectivity index (χ1) is 9.23. The van der Waals surface area contributed by atoms with E-state index in [9.17, 15) is 14.9 Å². The van der Waals surface area contributed by atoms with Crippen LogP contribution in [0.4, 0.5) is 5.69 Å². The fourth-order valence-electron chi connectivity index (χ4n) is 2.02. The normalized spacial score (nSPS) is 12.3. The van der Waals surface area contributed by atoms with E-state index in [1.165, 1.54) is 18.2 Å². The Morgan fingerprint density at radius 3 is 2.45 bits per heavy atom. The van der Waals surface area contributed by atoms with Crippen LogP contribution in [0.15, 0.2) is 18.2 Å². The SMILES string of the molecule is CC(C)CC(C)N(C)C(=O)c1ccc([N+](=O)[O-])cc1Cl. The number of rotatable bonds is 5. The minimum Gasteiger partial charge on any atom is -0.339 e. The van der Waals surface area contributed by atoms with Crippen molar-refractivity contribution in [1.82, 2.24) is 4.90 Å². The first-order valence-corrected chi connectivity index (χ1v) is 6.83. The molecule has 1 unspecified atom stereocenters. The summed E-state index contributed by atoms with van der Waals surface area (Å²) in [6.07, 6.45) is 0.882. The van der Waals surface area contributed by atoms with Gasteiger partial charge in [-0.15, -0.1) is 0 Å². The molecule has 0 saturated carbocycles. The molecule has 1 amide bonds. The summed E-state index contributed by atoms with van der Waals surface area (Å²) in [7, 11) is 1.72. The van der Waals surface area contributed by atoms with Crippen LogP contribution in [0.3, 0.4) is 0 Å². The van der Waals surface area contributed by atoms with Crippen LogP contribution in [0.25, 0.3) is 0 Å². The Kier molecular flexibility index (Phi) is 5.51. The molecule has 1 atom stereocenters. The Hall–Kier alpha value is -1.62. The first-order valence-electron chi connectivity index (χ1n) is 6.45. The van der Waals surface area contributed by atoms with Gasteiger partial charge in [0, 0.05) is 25.2 Å². The standard InChI is InChI=1S/C14H19ClN2O3/c1-9(2)7-10(3)16(4)14(18)12-6-5-11(17(19)20)8-13(12)15/h5-6,8-10H,7H2,1-4H3. The van der Waals surface area contributed by atoms with Crippen LogP contribution in [-0.2, 0) is 0 Å². The summed E-state index contributed by atoms with van der Waals surface area (Å²) < 4.78 is 0. The second-order valence-corrected chi connectivity index (χ2v) is 5.72. The molecule has 0 aliphatic carbocycles. The number of nitro benzene ring substituents is 1. The number of hydrogen-bond donors (Lipinski definition) is 0. The summed E-state index contributed by atoms with van der Waals surface area (Å²) in [5.41, 5.74) is 0.166. The Labute approximate surface area is 123 Å². The number of benzene rings is 1. The van der Waals surface area contributed by atoms with Crippen molar-refractivity contribution in [2.75, 3.05) is 7.05 Å². The van der Waals surface area contributed by atoms with Gasteiger partial charge >= 0.3 is 0 Å². The second-order valence-electron chi connectivity index (χ2n) is 5.32.